The van der Waals surface area contributed by atoms with E-state index in [0.717, 1.165) is 12.3 Å². The highest BCUT2D eigenvalue weighted by molar-refractivity contribution is 7.85. The highest BCUT2D eigenvalue weighted by Crippen LogP contribution is 2.33. The third-order valence-corrected chi connectivity index (χ3v) is 6.07. The minimum atomic E-state index is -4.54. The van der Waals surface area contributed by atoms with Gasteiger partial charge in [0.05, 0.1) is 28.0 Å². The number of aromatic nitrogens is 5. The molecule has 136 valence electrons. The van der Waals surface area contributed by atoms with Crippen molar-refractivity contribution in [1.82, 2.24) is 23.9 Å². The van der Waals surface area contributed by atoms with Gasteiger partial charge in [0.2, 0.25) is 0 Å². The average Bonchev–Trinajstić information content (AvgIpc) is 3.25. The third-order valence-electron chi connectivity index (χ3n) is 3.97. The van der Waals surface area contributed by atoms with Crippen LogP contribution in [0.15, 0.2) is 28.9 Å². The molecule has 26 heavy (non-hydrogen) atoms. The second-order valence-electron chi connectivity index (χ2n) is 5.51. The predicted octanol–water partition coefficient (Wildman–Crippen LogP) is 3.49. The van der Waals surface area contributed by atoms with Gasteiger partial charge in [-0.3, -0.25) is 8.61 Å². The first kappa shape index (κ1) is 17.2. The van der Waals surface area contributed by atoms with Gasteiger partial charge in [0.1, 0.15) is 16.4 Å². The Labute approximate surface area is 151 Å². The number of imidazole rings is 2. The Morgan fingerprint density at radius 2 is 2.08 bits per heavy atom. The fourth-order valence-electron chi connectivity index (χ4n) is 2.72. The zero-order valence-electron chi connectivity index (χ0n) is 13.6. The monoisotopic (exact) mass is 399 g/mol. The molecule has 0 bridgehead atoms. The number of rotatable bonds is 3. The second kappa shape index (κ2) is 5.88. The van der Waals surface area contributed by atoms with Crippen molar-refractivity contribution in [3.05, 3.63) is 29.5 Å². The Kier molecular flexibility index (Phi) is 3.88. The fourth-order valence-corrected chi connectivity index (χ4v) is 4.48. The highest BCUT2D eigenvalue weighted by Gasteiger charge is 2.33. The van der Waals surface area contributed by atoms with Gasteiger partial charge in [0, 0.05) is 24.4 Å². The molecule has 0 radical (unpaired) electrons. The summed E-state index contributed by atoms with van der Waals surface area (Å²) in [6.45, 7) is 1.79. The molecule has 0 amide bonds. The number of nitrogens with zero attached hydrogens (tertiary/aromatic N) is 5. The fraction of sp³-hybridized carbons (Fsp3) is 0.267. The number of halogens is 3. The summed E-state index contributed by atoms with van der Waals surface area (Å²) < 4.78 is 54.6. The van der Waals surface area contributed by atoms with Crippen LogP contribution >= 0.6 is 11.3 Å². The molecular weight excluding hydrogens is 387 g/mol. The molecule has 4 rings (SSSR count). The molecule has 0 N–H and O–H groups in total. The van der Waals surface area contributed by atoms with Crippen molar-refractivity contribution in [2.45, 2.75) is 18.1 Å². The van der Waals surface area contributed by atoms with Gasteiger partial charge in [-0.25, -0.2) is 15.0 Å². The summed E-state index contributed by atoms with van der Waals surface area (Å²) in [4.78, 5) is 13.0. The predicted molar refractivity (Wildman–Crippen MR) is 92.5 cm³/mol. The van der Waals surface area contributed by atoms with E-state index in [4.69, 9.17) is 0 Å². The maximum atomic E-state index is 12.9. The lowest BCUT2D eigenvalue weighted by atomic mass is 10.3. The van der Waals surface area contributed by atoms with Crippen LogP contribution in [0.4, 0.5) is 13.2 Å². The molecule has 1 atom stereocenters. The number of hydrogen-bond acceptors (Lipinski definition) is 5. The van der Waals surface area contributed by atoms with Crippen LogP contribution in [0.25, 0.3) is 27.5 Å². The van der Waals surface area contributed by atoms with Crippen LogP contribution in [0.3, 0.4) is 0 Å². The van der Waals surface area contributed by atoms with E-state index < -0.39 is 22.7 Å². The molecule has 0 spiro atoms. The molecule has 0 saturated carbocycles. The molecule has 0 aliphatic carbocycles. The topological polar surface area (TPSA) is 65.1 Å². The van der Waals surface area contributed by atoms with Crippen molar-refractivity contribution in [1.29, 1.82) is 0 Å². The average molecular weight is 399 g/mol. The van der Waals surface area contributed by atoms with Crippen LogP contribution < -0.4 is 0 Å². The lowest BCUT2D eigenvalue weighted by molar-refractivity contribution is -0.141. The number of aryl methyl sites for hydroxylation is 1. The van der Waals surface area contributed by atoms with Gasteiger partial charge in [-0.15, -0.1) is 11.3 Å². The molecule has 4 heterocycles. The van der Waals surface area contributed by atoms with Crippen LogP contribution in [0.1, 0.15) is 12.6 Å². The second-order valence-corrected chi connectivity index (χ2v) is 8.03. The maximum Gasteiger partial charge on any atom is 0.433 e. The van der Waals surface area contributed by atoms with Crippen LogP contribution in [0, 0.1) is 0 Å². The first-order chi connectivity index (χ1) is 12.3. The summed E-state index contributed by atoms with van der Waals surface area (Å²) in [5.74, 6) is 0.745. The first-order valence-corrected chi connectivity index (χ1v) is 9.75. The van der Waals surface area contributed by atoms with Crippen molar-refractivity contribution < 1.29 is 17.4 Å². The van der Waals surface area contributed by atoms with Gasteiger partial charge in [0.25, 0.3) is 0 Å². The smallest absolute Gasteiger partial charge is 0.324 e. The van der Waals surface area contributed by atoms with Gasteiger partial charge >= 0.3 is 6.18 Å². The lowest BCUT2D eigenvalue weighted by Crippen LogP contribution is -2.07. The molecule has 11 heteroatoms. The van der Waals surface area contributed by atoms with E-state index in [-0.39, 0.29) is 5.52 Å². The molecule has 0 aromatic carbocycles. The van der Waals surface area contributed by atoms with Gasteiger partial charge in [0.15, 0.2) is 10.8 Å². The lowest BCUT2D eigenvalue weighted by Gasteiger charge is -2.05. The molecule has 4 aromatic heterocycles. The van der Waals surface area contributed by atoms with Crippen LogP contribution in [-0.2, 0) is 24.0 Å². The SMILES string of the molecule is CCS(=O)c1c(-c2nc3cc(C(F)(F)F)ncc3n2C)nc2sccn12. The first-order valence-electron chi connectivity index (χ1n) is 7.55. The largest absolute Gasteiger partial charge is 0.433 e. The summed E-state index contributed by atoms with van der Waals surface area (Å²) >= 11 is 1.38. The number of thiazole rings is 1. The van der Waals surface area contributed by atoms with Gasteiger partial charge in [-0.1, -0.05) is 6.92 Å². The van der Waals surface area contributed by atoms with E-state index in [1.807, 2.05) is 5.38 Å². The number of pyridine rings is 1. The van der Waals surface area contributed by atoms with Gasteiger partial charge in [-0.05, 0) is 6.07 Å². The molecule has 6 nitrogen and oxygen atoms in total. The summed E-state index contributed by atoms with van der Waals surface area (Å²) in [7, 11) is 0.358. The van der Waals surface area contributed by atoms with E-state index in [0.29, 0.717) is 32.8 Å². The van der Waals surface area contributed by atoms with E-state index >= 15 is 0 Å². The number of hydrogen-bond donors (Lipinski definition) is 0. The van der Waals surface area contributed by atoms with Crippen molar-refractivity contribution in [2.24, 2.45) is 7.05 Å². The minimum Gasteiger partial charge on any atom is -0.324 e. The highest BCUT2D eigenvalue weighted by atomic mass is 32.2. The Morgan fingerprint density at radius 1 is 1.31 bits per heavy atom. The minimum absolute atomic E-state index is 0.161. The Balaban J connectivity index is 1.97. The summed E-state index contributed by atoms with van der Waals surface area (Å²) in [6.07, 6.45) is -1.63. The Bertz CT molecular complexity index is 1160. The third kappa shape index (κ3) is 2.53. The quantitative estimate of drug-likeness (QED) is 0.529. The molecule has 0 aliphatic heterocycles. The molecule has 4 aromatic rings. The van der Waals surface area contributed by atoms with Crippen LogP contribution in [0.2, 0.25) is 0 Å². The summed E-state index contributed by atoms with van der Waals surface area (Å²) in [5, 5.41) is 2.32. The summed E-state index contributed by atoms with van der Waals surface area (Å²) in [5.41, 5.74) is 0.00844. The van der Waals surface area contributed by atoms with E-state index in [1.165, 1.54) is 11.3 Å². The van der Waals surface area contributed by atoms with Crippen molar-refractivity contribution in [2.75, 3.05) is 5.75 Å². The standard InChI is InChI=1S/C15H12F3N5OS2/c1-3-26(24)13-11(21-14-23(13)4-5-25-14)12-20-8-6-10(15(16,17)18)19-7-9(8)22(12)2/h4-7H,3H2,1-2H3. The van der Waals surface area contributed by atoms with Crippen molar-refractivity contribution >= 4 is 38.1 Å². The zero-order valence-corrected chi connectivity index (χ0v) is 15.2. The molecule has 1 unspecified atom stereocenters. The molecule has 0 fully saturated rings. The molecular formula is C15H12F3N5OS2. The van der Waals surface area contributed by atoms with Crippen molar-refractivity contribution in [3.8, 4) is 11.5 Å². The van der Waals surface area contributed by atoms with E-state index in [9.17, 15) is 17.4 Å². The van der Waals surface area contributed by atoms with Gasteiger partial charge in [-0.2, -0.15) is 13.2 Å². The number of alkyl halides is 3. The molecule has 0 aliphatic rings. The summed E-state index contributed by atoms with van der Waals surface area (Å²) in [6, 6.07) is 0.910. The zero-order chi connectivity index (χ0) is 18.6. The van der Waals surface area contributed by atoms with Crippen LogP contribution in [0.5, 0.6) is 0 Å². The maximum absolute atomic E-state index is 12.9. The Morgan fingerprint density at radius 3 is 2.77 bits per heavy atom. The van der Waals surface area contributed by atoms with E-state index in [2.05, 4.69) is 15.0 Å². The van der Waals surface area contributed by atoms with Crippen molar-refractivity contribution in [3.63, 3.8) is 0 Å². The normalized spacial score (nSPS) is 13.7. The Hall–Kier alpha value is -2.27. The van der Waals surface area contributed by atoms with E-state index in [1.54, 1.807) is 29.1 Å². The van der Waals surface area contributed by atoms with Crippen LogP contribution in [-0.4, -0.2) is 33.9 Å². The van der Waals surface area contributed by atoms with Gasteiger partial charge < -0.3 is 4.57 Å². The molecule has 0 saturated heterocycles. The number of fused-ring (bicyclic) bond motifs is 2.